The first kappa shape index (κ1) is 14.7. The third kappa shape index (κ3) is 3.18. The first-order valence-electron chi connectivity index (χ1n) is 7.76. The molecule has 0 bridgehead atoms. The Kier molecular flexibility index (Phi) is 4.22. The van der Waals surface area contributed by atoms with Crippen molar-refractivity contribution in [2.24, 2.45) is 0 Å². The molecule has 22 heavy (non-hydrogen) atoms. The standard InChI is InChI=1S/C15H21N5O2/c1-3-12-18-13(22-19-12)4-5-14(21)20-7-6-11(9-20)15-16-8-10(2)17-15/h8,11H,3-7,9H2,1-2H3,(H,16,17). The molecule has 2 aromatic heterocycles. The summed E-state index contributed by atoms with van der Waals surface area (Å²) in [6, 6.07) is 0. The summed E-state index contributed by atoms with van der Waals surface area (Å²) in [5.74, 6) is 2.67. The zero-order valence-corrected chi connectivity index (χ0v) is 13.0. The Morgan fingerprint density at radius 2 is 2.41 bits per heavy atom. The molecular formula is C15H21N5O2. The van der Waals surface area contributed by atoms with Crippen LogP contribution in [0.5, 0.6) is 0 Å². The Morgan fingerprint density at radius 1 is 1.55 bits per heavy atom. The zero-order valence-electron chi connectivity index (χ0n) is 13.0. The average molecular weight is 303 g/mol. The van der Waals surface area contributed by atoms with Gasteiger partial charge >= 0.3 is 0 Å². The van der Waals surface area contributed by atoms with Crippen molar-refractivity contribution < 1.29 is 9.32 Å². The lowest BCUT2D eigenvalue weighted by Crippen LogP contribution is -2.28. The van der Waals surface area contributed by atoms with Crippen LogP contribution >= 0.6 is 0 Å². The molecular weight excluding hydrogens is 282 g/mol. The topological polar surface area (TPSA) is 87.9 Å². The summed E-state index contributed by atoms with van der Waals surface area (Å²) in [6.07, 6.45) is 4.45. The second-order valence-electron chi connectivity index (χ2n) is 5.73. The Balaban J connectivity index is 1.51. The predicted octanol–water partition coefficient (Wildman–Crippen LogP) is 1.61. The number of amides is 1. The minimum atomic E-state index is 0.141. The van der Waals surface area contributed by atoms with Gasteiger partial charge in [-0.05, 0) is 13.3 Å². The number of H-pyrrole nitrogens is 1. The Hall–Kier alpha value is -2.18. The minimum Gasteiger partial charge on any atom is -0.346 e. The Labute approximate surface area is 129 Å². The van der Waals surface area contributed by atoms with Crippen molar-refractivity contribution in [1.82, 2.24) is 25.0 Å². The first-order chi connectivity index (χ1) is 10.7. The molecule has 1 amide bonds. The van der Waals surface area contributed by atoms with Crippen LogP contribution in [-0.4, -0.2) is 44.0 Å². The van der Waals surface area contributed by atoms with E-state index in [1.807, 2.05) is 24.9 Å². The average Bonchev–Trinajstić information content (AvgIpc) is 3.24. The zero-order chi connectivity index (χ0) is 15.5. The fraction of sp³-hybridized carbons (Fsp3) is 0.600. The number of hydrogen-bond donors (Lipinski definition) is 1. The molecule has 0 spiro atoms. The number of aromatic nitrogens is 4. The van der Waals surface area contributed by atoms with Gasteiger partial charge in [-0.2, -0.15) is 4.98 Å². The van der Waals surface area contributed by atoms with Gasteiger partial charge in [0.15, 0.2) is 5.82 Å². The van der Waals surface area contributed by atoms with E-state index >= 15 is 0 Å². The summed E-state index contributed by atoms with van der Waals surface area (Å²) in [4.78, 5) is 26.0. The lowest BCUT2D eigenvalue weighted by Gasteiger charge is -2.15. The molecule has 1 unspecified atom stereocenters. The maximum absolute atomic E-state index is 12.3. The van der Waals surface area contributed by atoms with Crippen molar-refractivity contribution in [2.75, 3.05) is 13.1 Å². The molecule has 0 saturated carbocycles. The second kappa shape index (κ2) is 6.29. The van der Waals surface area contributed by atoms with Crippen LogP contribution < -0.4 is 0 Å². The molecule has 1 aliphatic rings. The highest BCUT2D eigenvalue weighted by Crippen LogP contribution is 2.25. The van der Waals surface area contributed by atoms with Gasteiger partial charge < -0.3 is 14.4 Å². The number of carbonyl (C=O) groups excluding carboxylic acids is 1. The van der Waals surface area contributed by atoms with E-state index in [2.05, 4.69) is 20.1 Å². The van der Waals surface area contributed by atoms with Gasteiger partial charge in [0, 0.05) is 50.2 Å². The number of aromatic amines is 1. The number of imidazole rings is 1. The predicted molar refractivity (Wildman–Crippen MR) is 79.3 cm³/mol. The van der Waals surface area contributed by atoms with Crippen molar-refractivity contribution >= 4 is 5.91 Å². The highest BCUT2D eigenvalue weighted by molar-refractivity contribution is 5.76. The fourth-order valence-corrected chi connectivity index (χ4v) is 2.76. The summed E-state index contributed by atoms with van der Waals surface area (Å²) in [5, 5.41) is 3.84. The van der Waals surface area contributed by atoms with Crippen LogP contribution in [0.1, 0.15) is 48.9 Å². The Bertz CT molecular complexity index is 648. The molecule has 7 heteroatoms. The fourth-order valence-electron chi connectivity index (χ4n) is 2.76. The molecule has 0 aliphatic carbocycles. The highest BCUT2D eigenvalue weighted by atomic mass is 16.5. The van der Waals surface area contributed by atoms with Gasteiger partial charge in [-0.1, -0.05) is 12.1 Å². The van der Waals surface area contributed by atoms with Gasteiger partial charge in [0.05, 0.1) is 0 Å². The van der Waals surface area contributed by atoms with E-state index in [-0.39, 0.29) is 5.91 Å². The van der Waals surface area contributed by atoms with Gasteiger partial charge in [0.1, 0.15) is 5.82 Å². The second-order valence-corrected chi connectivity index (χ2v) is 5.73. The molecule has 1 N–H and O–H groups in total. The van der Waals surface area contributed by atoms with Gasteiger partial charge in [0.25, 0.3) is 0 Å². The molecule has 7 nitrogen and oxygen atoms in total. The molecule has 0 aromatic carbocycles. The molecule has 1 aliphatic heterocycles. The number of aryl methyl sites for hydroxylation is 3. The molecule has 3 heterocycles. The summed E-state index contributed by atoms with van der Waals surface area (Å²) in [7, 11) is 0. The molecule has 1 saturated heterocycles. The van der Waals surface area contributed by atoms with E-state index in [0.29, 0.717) is 30.5 Å². The number of nitrogens with one attached hydrogen (secondary N) is 1. The van der Waals surface area contributed by atoms with E-state index in [9.17, 15) is 4.79 Å². The smallest absolute Gasteiger partial charge is 0.227 e. The maximum atomic E-state index is 12.3. The lowest BCUT2D eigenvalue weighted by molar-refractivity contribution is -0.130. The summed E-state index contributed by atoms with van der Waals surface area (Å²) < 4.78 is 5.11. The van der Waals surface area contributed by atoms with Crippen molar-refractivity contribution in [3.63, 3.8) is 0 Å². The van der Waals surface area contributed by atoms with Crippen molar-refractivity contribution in [2.45, 2.75) is 45.4 Å². The number of rotatable bonds is 5. The van der Waals surface area contributed by atoms with E-state index in [4.69, 9.17) is 4.52 Å². The van der Waals surface area contributed by atoms with Gasteiger partial charge in [-0.25, -0.2) is 4.98 Å². The highest BCUT2D eigenvalue weighted by Gasteiger charge is 2.28. The summed E-state index contributed by atoms with van der Waals surface area (Å²) >= 11 is 0. The molecule has 0 radical (unpaired) electrons. The van der Waals surface area contributed by atoms with Crippen LogP contribution in [0.25, 0.3) is 0 Å². The first-order valence-corrected chi connectivity index (χ1v) is 7.76. The molecule has 1 fully saturated rings. The van der Waals surface area contributed by atoms with Crippen LogP contribution in [-0.2, 0) is 17.6 Å². The molecule has 118 valence electrons. The van der Waals surface area contributed by atoms with E-state index in [1.165, 1.54) is 0 Å². The molecule has 3 rings (SSSR count). The quantitative estimate of drug-likeness (QED) is 0.906. The molecule has 2 aromatic rings. The summed E-state index contributed by atoms with van der Waals surface area (Å²) in [5.41, 5.74) is 1.06. The number of hydrogen-bond acceptors (Lipinski definition) is 5. The van der Waals surface area contributed by atoms with Crippen molar-refractivity contribution in [1.29, 1.82) is 0 Å². The number of carbonyl (C=O) groups is 1. The van der Waals surface area contributed by atoms with Crippen LogP contribution in [0, 0.1) is 6.92 Å². The van der Waals surface area contributed by atoms with E-state index < -0.39 is 0 Å². The normalized spacial score (nSPS) is 18.1. The largest absolute Gasteiger partial charge is 0.346 e. The summed E-state index contributed by atoms with van der Waals surface area (Å²) in [6.45, 7) is 5.48. The van der Waals surface area contributed by atoms with Gasteiger partial charge in [-0.3, -0.25) is 4.79 Å². The van der Waals surface area contributed by atoms with E-state index in [1.54, 1.807) is 0 Å². The third-order valence-electron chi connectivity index (χ3n) is 4.03. The molecule has 1 atom stereocenters. The van der Waals surface area contributed by atoms with Gasteiger partial charge in [-0.15, -0.1) is 0 Å². The van der Waals surface area contributed by atoms with Crippen LogP contribution in [0.4, 0.5) is 0 Å². The van der Waals surface area contributed by atoms with Crippen molar-refractivity contribution in [3.05, 3.63) is 29.4 Å². The van der Waals surface area contributed by atoms with Crippen LogP contribution in [0.2, 0.25) is 0 Å². The van der Waals surface area contributed by atoms with Gasteiger partial charge in [0.2, 0.25) is 11.8 Å². The number of nitrogens with zero attached hydrogens (tertiary/aromatic N) is 4. The SMILES string of the molecule is CCc1noc(CCC(=O)N2CCC(c3ncc(C)[nH]3)C2)n1. The van der Waals surface area contributed by atoms with E-state index in [0.717, 1.165) is 37.4 Å². The lowest BCUT2D eigenvalue weighted by atomic mass is 10.1. The Morgan fingerprint density at radius 3 is 3.09 bits per heavy atom. The number of likely N-dealkylation sites (tertiary alicyclic amines) is 1. The van der Waals surface area contributed by atoms with Crippen LogP contribution in [0.15, 0.2) is 10.7 Å². The third-order valence-corrected chi connectivity index (χ3v) is 4.03. The maximum Gasteiger partial charge on any atom is 0.227 e. The van der Waals surface area contributed by atoms with Crippen LogP contribution in [0.3, 0.4) is 0 Å². The van der Waals surface area contributed by atoms with Crippen molar-refractivity contribution in [3.8, 4) is 0 Å². The minimum absolute atomic E-state index is 0.141. The monoisotopic (exact) mass is 303 g/mol.